The minimum Gasteiger partial charge on any atom is -0.496 e. The fourth-order valence-electron chi connectivity index (χ4n) is 6.23. The number of nitrogens with one attached hydrogen (secondary N) is 1. The summed E-state index contributed by atoms with van der Waals surface area (Å²) in [5.74, 6) is 10.2. The van der Waals surface area contributed by atoms with Crippen molar-refractivity contribution < 1.29 is 47.4 Å². The molecule has 1 amide bonds. The third-order valence-corrected chi connectivity index (χ3v) is 13.2. The highest BCUT2D eigenvalue weighted by atomic mass is 31.2. The van der Waals surface area contributed by atoms with Gasteiger partial charge in [-0.15, -0.1) is 5.92 Å². The molecule has 4 aromatic rings. The van der Waals surface area contributed by atoms with Crippen molar-refractivity contribution in [3.8, 4) is 63.6 Å². The smallest absolute Gasteiger partial charge is 0.251 e. The molecular formula is C40H47NO10P+. The number of ether oxygens (including phenoxy) is 9. The van der Waals surface area contributed by atoms with Crippen LogP contribution >= 0.6 is 7.26 Å². The van der Waals surface area contributed by atoms with Crippen LogP contribution in [0.15, 0.2) is 60.7 Å². The zero-order chi connectivity index (χ0) is 37.8. The second kappa shape index (κ2) is 18.2. The van der Waals surface area contributed by atoms with Crippen molar-refractivity contribution >= 4 is 29.1 Å². The predicted octanol–water partition coefficient (Wildman–Crippen LogP) is 5.25. The molecule has 276 valence electrons. The van der Waals surface area contributed by atoms with Gasteiger partial charge >= 0.3 is 0 Å². The Hall–Kier alpha value is -5.46. The molecule has 0 bridgehead atoms. The molecule has 0 unspecified atom stereocenters. The van der Waals surface area contributed by atoms with Gasteiger partial charge in [0, 0.05) is 54.1 Å². The quantitative estimate of drug-likeness (QED) is 0.0879. The first-order valence-corrected chi connectivity index (χ1v) is 18.3. The maximum Gasteiger partial charge on any atom is 0.251 e. The Balaban J connectivity index is 2.10. The Bertz CT molecular complexity index is 1690. The first kappa shape index (κ1) is 39.3. The molecular weight excluding hydrogens is 685 g/mol. The molecule has 0 spiro atoms. The molecule has 0 aliphatic rings. The number of rotatable bonds is 17. The van der Waals surface area contributed by atoms with Gasteiger partial charge in [-0.2, -0.15) is 0 Å². The lowest BCUT2D eigenvalue weighted by molar-refractivity contribution is 0.0953. The van der Waals surface area contributed by atoms with E-state index in [1.807, 2.05) is 48.5 Å². The third kappa shape index (κ3) is 7.88. The van der Waals surface area contributed by atoms with Gasteiger partial charge in [0.25, 0.3) is 5.91 Å². The van der Waals surface area contributed by atoms with Crippen molar-refractivity contribution in [2.75, 3.05) is 76.7 Å². The summed E-state index contributed by atoms with van der Waals surface area (Å²) in [5, 5.41) is 5.23. The molecule has 4 rings (SSSR count). The van der Waals surface area contributed by atoms with Crippen LogP contribution in [0, 0.1) is 11.8 Å². The molecule has 12 heteroatoms. The number of hydrogen-bond donors (Lipinski definition) is 1. The van der Waals surface area contributed by atoms with E-state index in [4.69, 9.17) is 42.6 Å². The monoisotopic (exact) mass is 732 g/mol. The molecule has 1 N–H and O–H groups in total. The van der Waals surface area contributed by atoms with E-state index in [0.717, 1.165) is 5.56 Å². The van der Waals surface area contributed by atoms with Crippen LogP contribution in [0.25, 0.3) is 0 Å². The van der Waals surface area contributed by atoms with Crippen LogP contribution in [0.1, 0.15) is 29.3 Å². The fourth-order valence-corrected chi connectivity index (χ4v) is 11.4. The van der Waals surface area contributed by atoms with Gasteiger partial charge in [0.05, 0.1) is 70.2 Å². The van der Waals surface area contributed by atoms with E-state index >= 15 is 0 Å². The molecule has 11 nitrogen and oxygen atoms in total. The van der Waals surface area contributed by atoms with E-state index < -0.39 is 7.26 Å². The second-order valence-corrected chi connectivity index (χ2v) is 14.6. The molecule has 0 aliphatic heterocycles. The summed E-state index contributed by atoms with van der Waals surface area (Å²) >= 11 is 0. The van der Waals surface area contributed by atoms with Crippen LogP contribution < -0.4 is 63.9 Å². The van der Waals surface area contributed by atoms with Crippen molar-refractivity contribution in [1.29, 1.82) is 0 Å². The second-order valence-electron chi connectivity index (χ2n) is 11.2. The highest BCUT2D eigenvalue weighted by Crippen LogP contribution is 2.66. The third-order valence-electron chi connectivity index (χ3n) is 8.58. The molecule has 0 saturated heterocycles. The van der Waals surface area contributed by atoms with Crippen LogP contribution in [-0.2, 0) is 0 Å². The highest BCUT2D eigenvalue weighted by Gasteiger charge is 2.57. The summed E-state index contributed by atoms with van der Waals surface area (Å²) in [5.41, 5.74) is 1.36. The zero-order valence-corrected chi connectivity index (χ0v) is 32.3. The SMILES string of the molecule is CC#Cc1ccc(C(=O)NCCC[P+](c2c(OC)cc(OC)cc2OC)(c2c(OC)cc(OC)cc2OC)c2c(OC)cc(OC)cc2OC)cc1. The molecule has 0 aliphatic carbocycles. The van der Waals surface area contributed by atoms with Crippen molar-refractivity contribution in [3.63, 3.8) is 0 Å². The van der Waals surface area contributed by atoms with Gasteiger partial charge < -0.3 is 47.9 Å². The van der Waals surface area contributed by atoms with E-state index in [9.17, 15) is 4.79 Å². The van der Waals surface area contributed by atoms with Crippen molar-refractivity contribution in [1.82, 2.24) is 5.32 Å². The van der Waals surface area contributed by atoms with Gasteiger partial charge in [-0.25, -0.2) is 0 Å². The van der Waals surface area contributed by atoms with E-state index in [2.05, 4.69) is 17.2 Å². The van der Waals surface area contributed by atoms with E-state index in [1.165, 1.54) is 0 Å². The normalized spacial score (nSPS) is 10.7. The molecule has 0 saturated carbocycles. The zero-order valence-electron chi connectivity index (χ0n) is 31.4. The van der Waals surface area contributed by atoms with Crippen LogP contribution in [0.2, 0.25) is 0 Å². The van der Waals surface area contributed by atoms with Crippen LogP contribution in [0.4, 0.5) is 0 Å². The highest BCUT2D eigenvalue weighted by molar-refractivity contribution is 7.96. The van der Waals surface area contributed by atoms with Gasteiger partial charge in [-0.1, -0.05) is 5.92 Å². The van der Waals surface area contributed by atoms with Gasteiger partial charge in [0.2, 0.25) is 0 Å². The summed E-state index contributed by atoms with van der Waals surface area (Å²) < 4.78 is 54.0. The van der Waals surface area contributed by atoms with Gasteiger partial charge in [-0.05, 0) is 37.6 Å². The summed E-state index contributed by atoms with van der Waals surface area (Å²) in [6.07, 6.45) is 0.906. The number of benzene rings is 4. The van der Waals surface area contributed by atoms with Crippen molar-refractivity contribution in [2.24, 2.45) is 0 Å². The Morgan fingerprint density at radius 2 is 0.904 bits per heavy atom. The maximum atomic E-state index is 13.4. The molecule has 0 atom stereocenters. The Morgan fingerprint density at radius 1 is 0.558 bits per heavy atom. The van der Waals surface area contributed by atoms with Gasteiger partial charge in [0.1, 0.15) is 24.5 Å². The standard InChI is InChI=1S/C40H46NO10P/c1-11-13-26-14-16-27(17-15-26)40(42)41-18-12-19-52(37-31(46-5)20-28(43-2)21-32(37)47-6,38-33(48-7)22-29(44-3)23-34(38)49-8)39-35(50-9)24-30(45-4)25-36(39)51-10/h14-17,20-25H,12,18-19H2,1-10H3/p+1. The Morgan fingerprint density at radius 3 is 1.19 bits per heavy atom. The van der Waals surface area contributed by atoms with Crippen molar-refractivity contribution in [3.05, 3.63) is 71.8 Å². The summed E-state index contributed by atoms with van der Waals surface area (Å²) in [4.78, 5) is 13.4. The van der Waals surface area contributed by atoms with E-state index in [1.54, 1.807) is 83.0 Å². The molecule has 4 aromatic carbocycles. The topological polar surface area (TPSA) is 112 Å². The fraction of sp³-hybridized carbons (Fsp3) is 0.325. The van der Waals surface area contributed by atoms with E-state index in [0.29, 0.717) is 92.4 Å². The predicted molar refractivity (Wildman–Crippen MR) is 205 cm³/mol. The van der Waals surface area contributed by atoms with Crippen LogP contribution in [0.5, 0.6) is 51.7 Å². The minimum atomic E-state index is -3.20. The molecule has 0 aromatic heterocycles. The Labute approximate surface area is 306 Å². The van der Waals surface area contributed by atoms with Crippen LogP contribution in [0.3, 0.4) is 0 Å². The maximum absolute atomic E-state index is 13.4. The lowest BCUT2D eigenvalue weighted by Crippen LogP contribution is -2.38. The lowest BCUT2D eigenvalue weighted by atomic mass is 10.1. The summed E-state index contributed by atoms with van der Waals surface area (Å²) in [6, 6.07) is 18.1. The summed E-state index contributed by atoms with van der Waals surface area (Å²) in [7, 11) is 11.1. The summed E-state index contributed by atoms with van der Waals surface area (Å²) in [6.45, 7) is 2.09. The van der Waals surface area contributed by atoms with Gasteiger partial charge in [-0.3, -0.25) is 4.79 Å². The average Bonchev–Trinajstić information content (AvgIpc) is 3.19. The average molecular weight is 733 g/mol. The molecule has 0 heterocycles. The first-order chi connectivity index (χ1) is 25.2. The number of hydrogen-bond acceptors (Lipinski definition) is 10. The Kier molecular flexibility index (Phi) is 13.7. The van der Waals surface area contributed by atoms with Crippen molar-refractivity contribution in [2.45, 2.75) is 13.3 Å². The molecule has 0 fully saturated rings. The number of methoxy groups -OCH3 is 9. The number of carbonyl (C=O) groups excluding carboxylic acids is 1. The lowest BCUT2D eigenvalue weighted by Gasteiger charge is -2.33. The largest absolute Gasteiger partial charge is 0.496 e. The number of amides is 1. The number of carbonyl (C=O) groups is 1. The first-order valence-electron chi connectivity index (χ1n) is 16.3. The molecule has 0 radical (unpaired) electrons. The van der Waals surface area contributed by atoms with Gasteiger partial charge in [0.15, 0.2) is 50.4 Å². The molecule has 52 heavy (non-hydrogen) atoms. The van der Waals surface area contributed by atoms with Crippen LogP contribution in [-0.4, -0.2) is 82.6 Å². The minimum absolute atomic E-state index is 0.209. The van der Waals surface area contributed by atoms with E-state index in [-0.39, 0.29) is 5.91 Å².